The zero-order valence-corrected chi connectivity index (χ0v) is 13.2. The number of rotatable bonds is 6. The Morgan fingerprint density at radius 2 is 2.20 bits per heavy atom. The highest BCUT2D eigenvalue weighted by atomic mass is 32.2. The summed E-state index contributed by atoms with van der Waals surface area (Å²) in [5, 5.41) is 8.66. The molecule has 0 aliphatic carbocycles. The molecule has 0 unspecified atom stereocenters. The lowest BCUT2D eigenvalue weighted by Gasteiger charge is -2.16. The predicted molar refractivity (Wildman–Crippen MR) is 81.0 cm³/mol. The second-order valence-corrected chi connectivity index (χ2v) is 7.03. The maximum atomic E-state index is 12.3. The molecule has 0 aliphatic heterocycles. The molecule has 0 radical (unpaired) electrons. The van der Waals surface area contributed by atoms with E-state index in [1.165, 1.54) is 22.8 Å². The topological polar surface area (TPSA) is 70.5 Å². The van der Waals surface area contributed by atoms with Crippen LogP contribution in [0.1, 0.15) is 12.0 Å². The van der Waals surface area contributed by atoms with E-state index in [2.05, 4.69) is 16.8 Å². The number of aromatic nitrogens is 1. The Kier molecular flexibility index (Phi) is 7.02. The molecule has 0 amide bonds. The number of sulfonamides is 1. The standard InChI is InChI=1S/C13H18N2O3S2/c1-15(6-8-19-2)20(17,18)13-9-12(10-14-11-13)5-3-4-7-16/h9-11,16H,4,6-8H2,1-2H3. The third-order valence-electron chi connectivity index (χ3n) is 2.50. The van der Waals surface area contributed by atoms with Gasteiger partial charge in [-0.05, 0) is 12.3 Å². The summed E-state index contributed by atoms with van der Waals surface area (Å²) in [6, 6.07) is 1.50. The van der Waals surface area contributed by atoms with Crippen LogP contribution >= 0.6 is 11.8 Å². The van der Waals surface area contributed by atoms with E-state index in [0.29, 0.717) is 18.5 Å². The van der Waals surface area contributed by atoms with Crippen molar-refractivity contribution in [3.63, 3.8) is 0 Å². The number of thioether (sulfide) groups is 1. The molecule has 0 saturated heterocycles. The Balaban J connectivity index is 2.96. The van der Waals surface area contributed by atoms with Gasteiger partial charge in [0.05, 0.1) is 6.61 Å². The summed E-state index contributed by atoms with van der Waals surface area (Å²) in [4.78, 5) is 4.05. The van der Waals surface area contributed by atoms with Gasteiger partial charge in [0, 0.05) is 43.7 Å². The van der Waals surface area contributed by atoms with E-state index in [1.54, 1.807) is 18.8 Å². The normalized spacial score (nSPS) is 11.2. The van der Waals surface area contributed by atoms with Crippen LogP contribution in [0.3, 0.4) is 0 Å². The summed E-state index contributed by atoms with van der Waals surface area (Å²) in [5.74, 6) is 6.26. The van der Waals surface area contributed by atoms with Crippen molar-refractivity contribution >= 4 is 21.8 Å². The molecule has 5 nitrogen and oxygen atoms in total. The van der Waals surface area contributed by atoms with E-state index in [4.69, 9.17) is 5.11 Å². The molecule has 0 fully saturated rings. The molecule has 7 heteroatoms. The second-order valence-electron chi connectivity index (χ2n) is 4.00. The second kappa shape index (κ2) is 8.27. The molecule has 110 valence electrons. The van der Waals surface area contributed by atoms with Crippen LogP contribution in [-0.2, 0) is 10.0 Å². The number of pyridine rings is 1. The van der Waals surface area contributed by atoms with E-state index >= 15 is 0 Å². The summed E-state index contributed by atoms with van der Waals surface area (Å²) in [5.41, 5.74) is 0.526. The molecule has 0 saturated carbocycles. The molecule has 0 aromatic carbocycles. The molecular formula is C13H18N2O3S2. The number of hydrogen-bond donors (Lipinski definition) is 1. The van der Waals surface area contributed by atoms with E-state index in [9.17, 15) is 8.42 Å². The van der Waals surface area contributed by atoms with Crippen LogP contribution in [0.5, 0.6) is 0 Å². The van der Waals surface area contributed by atoms with Crippen molar-refractivity contribution in [3.8, 4) is 11.8 Å². The summed E-state index contributed by atoms with van der Waals surface area (Å²) in [6.07, 6.45) is 5.11. The minimum absolute atomic E-state index is 0.0180. The molecule has 0 aliphatic rings. The molecule has 20 heavy (non-hydrogen) atoms. The van der Waals surface area contributed by atoms with Crippen LogP contribution < -0.4 is 0 Å². The highest BCUT2D eigenvalue weighted by Crippen LogP contribution is 2.14. The molecule has 1 heterocycles. The van der Waals surface area contributed by atoms with Gasteiger partial charge in [-0.2, -0.15) is 11.8 Å². The Bertz CT molecular complexity index is 591. The molecule has 1 aromatic heterocycles. The van der Waals surface area contributed by atoms with Gasteiger partial charge in [-0.1, -0.05) is 11.8 Å². The smallest absolute Gasteiger partial charge is 0.244 e. The molecule has 0 bridgehead atoms. The van der Waals surface area contributed by atoms with Gasteiger partial charge in [0.15, 0.2) is 0 Å². The van der Waals surface area contributed by atoms with Crippen molar-refractivity contribution in [1.29, 1.82) is 0 Å². The summed E-state index contributed by atoms with van der Waals surface area (Å²) >= 11 is 1.59. The molecule has 1 aromatic rings. The third-order valence-corrected chi connectivity index (χ3v) is 4.91. The van der Waals surface area contributed by atoms with Crippen LogP contribution in [0.4, 0.5) is 0 Å². The fourth-order valence-electron chi connectivity index (χ4n) is 1.37. The van der Waals surface area contributed by atoms with Gasteiger partial charge >= 0.3 is 0 Å². The summed E-state index contributed by atoms with van der Waals surface area (Å²) in [7, 11) is -1.97. The first-order valence-electron chi connectivity index (χ1n) is 6.02. The van der Waals surface area contributed by atoms with Gasteiger partial charge in [0.25, 0.3) is 0 Å². The van der Waals surface area contributed by atoms with E-state index < -0.39 is 10.0 Å². The minimum Gasteiger partial charge on any atom is -0.395 e. The lowest BCUT2D eigenvalue weighted by atomic mass is 10.3. The molecular weight excluding hydrogens is 296 g/mol. The highest BCUT2D eigenvalue weighted by Gasteiger charge is 2.20. The maximum absolute atomic E-state index is 12.3. The zero-order valence-electron chi connectivity index (χ0n) is 11.5. The Labute approximate surface area is 124 Å². The Morgan fingerprint density at radius 1 is 1.45 bits per heavy atom. The SMILES string of the molecule is CSCCN(C)S(=O)(=O)c1cncc(C#CCCO)c1. The number of aliphatic hydroxyl groups is 1. The van der Waals surface area contributed by atoms with E-state index in [0.717, 1.165) is 5.75 Å². The molecule has 1 N–H and O–H groups in total. The predicted octanol–water partition coefficient (Wildman–Crippen LogP) is 0.799. The van der Waals surface area contributed by atoms with Crippen LogP contribution in [0.2, 0.25) is 0 Å². The largest absolute Gasteiger partial charge is 0.395 e. The van der Waals surface area contributed by atoms with Crippen LogP contribution in [0.25, 0.3) is 0 Å². The van der Waals surface area contributed by atoms with Crippen molar-refractivity contribution in [2.75, 3.05) is 32.2 Å². The number of nitrogens with zero attached hydrogens (tertiary/aromatic N) is 2. The number of aliphatic hydroxyl groups excluding tert-OH is 1. The number of hydrogen-bond acceptors (Lipinski definition) is 5. The van der Waals surface area contributed by atoms with Crippen molar-refractivity contribution < 1.29 is 13.5 Å². The Morgan fingerprint density at radius 3 is 2.85 bits per heavy atom. The van der Waals surface area contributed by atoms with Crippen LogP contribution in [0.15, 0.2) is 23.4 Å². The first-order chi connectivity index (χ1) is 9.52. The van der Waals surface area contributed by atoms with Gasteiger partial charge in [-0.15, -0.1) is 0 Å². The zero-order chi connectivity index (χ0) is 15.0. The van der Waals surface area contributed by atoms with Crippen molar-refractivity contribution in [3.05, 3.63) is 24.0 Å². The highest BCUT2D eigenvalue weighted by molar-refractivity contribution is 7.98. The average Bonchev–Trinajstić information content (AvgIpc) is 2.45. The third kappa shape index (κ3) is 4.80. The van der Waals surface area contributed by atoms with Gasteiger partial charge < -0.3 is 5.11 Å². The minimum atomic E-state index is -3.52. The summed E-state index contributed by atoms with van der Waals surface area (Å²) in [6.45, 7) is 0.430. The van der Waals surface area contributed by atoms with Crippen LogP contribution in [0, 0.1) is 11.8 Å². The van der Waals surface area contributed by atoms with E-state index in [-0.39, 0.29) is 11.5 Å². The van der Waals surface area contributed by atoms with Crippen molar-refractivity contribution in [1.82, 2.24) is 9.29 Å². The van der Waals surface area contributed by atoms with Crippen molar-refractivity contribution in [2.45, 2.75) is 11.3 Å². The van der Waals surface area contributed by atoms with Gasteiger partial charge in [0.1, 0.15) is 4.90 Å². The molecule has 0 spiro atoms. The Hall–Kier alpha value is -1.07. The van der Waals surface area contributed by atoms with Gasteiger partial charge in [-0.3, -0.25) is 4.98 Å². The quantitative estimate of drug-likeness (QED) is 0.787. The fourth-order valence-corrected chi connectivity index (χ4v) is 3.10. The summed E-state index contributed by atoms with van der Waals surface area (Å²) < 4.78 is 25.9. The van der Waals surface area contributed by atoms with E-state index in [1.807, 2.05) is 6.26 Å². The molecule has 1 rings (SSSR count). The lowest BCUT2D eigenvalue weighted by molar-refractivity contribution is 0.305. The first-order valence-corrected chi connectivity index (χ1v) is 8.86. The molecule has 0 atom stereocenters. The van der Waals surface area contributed by atoms with Crippen LogP contribution in [-0.4, -0.2) is 55.0 Å². The monoisotopic (exact) mass is 314 g/mol. The van der Waals surface area contributed by atoms with Crippen molar-refractivity contribution in [2.24, 2.45) is 0 Å². The van der Waals surface area contributed by atoms with Gasteiger partial charge in [-0.25, -0.2) is 12.7 Å². The van der Waals surface area contributed by atoms with Gasteiger partial charge in [0.2, 0.25) is 10.0 Å². The fraction of sp³-hybridized carbons (Fsp3) is 0.462. The maximum Gasteiger partial charge on any atom is 0.244 e. The lowest BCUT2D eigenvalue weighted by Crippen LogP contribution is -2.29. The first kappa shape index (κ1) is 17.0. The average molecular weight is 314 g/mol.